The van der Waals surface area contributed by atoms with Crippen LogP contribution in [0.1, 0.15) is 70.9 Å². The zero-order valence-electron chi connectivity index (χ0n) is 21.6. The fourth-order valence-electron chi connectivity index (χ4n) is 4.03. The summed E-state index contributed by atoms with van der Waals surface area (Å²) < 4.78 is 32.4. The van der Waals surface area contributed by atoms with Crippen molar-refractivity contribution in [2.45, 2.75) is 71.4 Å². The molecule has 0 saturated heterocycles. The summed E-state index contributed by atoms with van der Waals surface area (Å²) in [6.07, 6.45) is 1.51. The Labute approximate surface area is 207 Å². The van der Waals surface area contributed by atoms with Crippen molar-refractivity contribution < 1.29 is 23.1 Å². The van der Waals surface area contributed by atoms with E-state index < -0.39 is 17.7 Å². The first-order valence-corrected chi connectivity index (χ1v) is 12.2. The number of hydrogen-bond acceptors (Lipinski definition) is 3. The van der Waals surface area contributed by atoms with Crippen LogP contribution in [0.5, 0.6) is 0 Å². The molecule has 1 N–H and O–H groups in total. The summed E-state index contributed by atoms with van der Waals surface area (Å²) >= 11 is 0. The number of likely N-dealkylation sites (N-methyl/N-ethyl adjacent to an activating group) is 1. The van der Waals surface area contributed by atoms with E-state index in [0.29, 0.717) is 19.4 Å². The second-order valence-corrected chi connectivity index (χ2v) is 10.0. The molecule has 0 spiro atoms. The molecule has 35 heavy (non-hydrogen) atoms. The smallest absolute Gasteiger partial charge is 0.410 e. The molecule has 2 aromatic rings. The van der Waals surface area contributed by atoms with Crippen molar-refractivity contribution in [2.75, 3.05) is 13.6 Å². The molecule has 0 radical (unpaired) electrons. The molecule has 2 aromatic carbocycles. The van der Waals surface area contributed by atoms with Crippen molar-refractivity contribution in [2.24, 2.45) is 5.92 Å². The van der Waals surface area contributed by atoms with E-state index in [0.717, 1.165) is 17.5 Å². The largest absolute Gasteiger partial charge is 0.444 e. The van der Waals surface area contributed by atoms with Gasteiger partial charge in [0.05, 0.1) is 0 Å². The summed E-state index contributed by atoms with van der Waals surface area (Å²) in [6, 6.07) is 11.9. The lowest BCUT2D eigenvalue weighted by molar-refractivity contribution is -0.127. The molecular weight excluding hydrogens is 450 g/mol. The van der Waals surface area contributed by atoms with Crippen molar-refractivity contribution >= 4 is 12.0 Å². The lowest BCUT2D eigenvalue weighted by atomic mass is 9.87. The Morgan fingerprint density at radius 2 is 1.46 bits per heavy atom. The average molecular weight is 489 g/mol. The fraction of sp³-hybridized carbons (Fsp3) is 0.500. The minimum Gasteiger partial charge on any atom is -0.444 e. The molecule has 0 aliphatic heterocycles. The van der Waals surface area contributed by atoms with Crippen LogP contribution in [-0.4, -0.2) is 42.1 Å². The molecule has 192 valence electrons. The van der Waals surface area contributed by atoms with Crippen molar-refractivity contribution in [3.8, 4) is 0 Å². The second-order valence-electron chi connectivity index (χ2n) is 10.0. The third-order valence-corrected chi connectivity index (χ3v) is 6.06. The van der Waals surface area contributed by atoms with Gasteiger partial charge in [-0.15, -0.1) is 0 Å². The number of nitrogens with one attached hydrogen (secondary N) is 1. The average Bonchev–Trinajstić information content (AvgIpc) is 2.79. The van der Waals surface area contributed by atoms with E-state index in [2.05, 4.69) is 5.32 Å². The van der Waals surface area contributed by atoms with Crippen molar-refractivity contribution in [1.82, 2.24) is 10.2 Å². The van der Waals surface area contributed by atoms with Gasteiger partial charge in [0.2, 0.25) is 5.91 Å². The van der Waals surface area contributed by atoms with E-state index in [1.54, 1.807) is 52.1 Å². The molecule has 0 aliphatic carbocycles. The molecule has 2 atom stereocenters. The highest BCUT2D eigenvalue weighted by atomic mass is 19.1. The first-order chi connectivity index (χ1) is 16.4. The van der Waals surface area contributed by atoms with Crippen LogP contribution in [-0.2, 0) is 9.53 Å². The predicted octanol–water partition coefficient (Wildman–Crippen LogP) is 6.27. The zero-order chi connectivity index (χ0) is 26.2. The second kappa shape index (κ2) is 12.7. The first-order valence-electron chi connectivity index (χ1n) is 12.2. The van der Waals surface area contributed by atoms with E-state index in [1.165, 1.54) is 29.2 Å². The van der Waals surface area contributed by atoms with E-state index in [1.807, 2.05) is 13.8 Å². The number of carbonyl (C=O) groups is 2. The Bertz CT molecular complexity index is 910. The summed E-state index contributed by atoms with van der Waals surface area (Å²) in [5, 5.41) is 2.96. The minimum absolute atomic E-state index is 0.0568. The van der Waals surface area contributed by atoms with Gasteiger partial charge in [0.25, 0.3) is 0 Å². The number of rotatable bonds is 10. The van der Waals surface area contributed by atoms with Gasteiger partial charge in [0.15, 0.2) is 0 Å². The van der Waals surface area contributed by atoms with Crippen LogP contribution in [0.3, 0.4) is 0 Å². The van der Waals surface area contributed by atoms with Crippen LogP contribution in [0.25, 0.3) is 0 Å². The quantitative estimate of drug-likeness (QED) is 0.401. The number of amides is 2. The lowest BCUT2D eigenvalue weighted by Crippen LogP contribution is -2.52. The molecule has 0 heterocycles. The Hall–Kier alpha value is -2.96. The van der Waals surface area contributed by atoms with Gasteiger partial charge in [0.1, 0.15) is 23.3 Å². The van der Waals surface area contributed by atoms with Gasteiger partial charge in [-0.25, -0.2) is 13.6 Å². The fourth-order valence-corrected chi connectivity index (χ4v) is 4.03. The molecule has 2 amide bonds. The normalized spacial score (nSPS) is 13.3. The topological polar surface area (TPSA) is 58.6 Å². The van der Waals surface area contributed by atoms with Gasteiger partial charge in [-0.05, 0) is 74.9 Å². The SMILES string of the molecule is CC[C@H](C)C(C(=O)NCCCC(c1ccc(F)cc1)c1ccc(F)cc1)N(C)C(=O)OC(C)(C)C. The number of carbonyl (C=O) groups excluding carboxylic acids is 2. The Morgan fingerprint density at radius 3 is 1.89 bits per heavy atom. The Balaban J connectivity index is 2.05. The third-order valence-electron chi connectivity index (χ3n) is 6.06. The van der Waals surface area contributed by atoms with Crippen molar-refractivity contribution in [3.63, 3.8) is 0 Å². The van der Waals surface area contributed by atoms with Crippen molar-refractivity contribution in [1.29, 1.82) is 0 Å². The Morgan fingerprint density at radius 1 is 0.971 bits per heavy atom. The molecular formula is C28H38F2N2O3. The molecule has 1 unspecified atom stereocenters. The molecule has 0 saturated carbocycles. The summed E-state index contributed by atoms with van der Waals surface area (Å²) in [5.74, 6) is -0.984. The van der Waals surface area contributed by atoms with Crippen LogP contribution in [0.4, 0.5) is 13.6 Å². The summed E-state index contributed by atoms with van der Waals surface area (Å²) in [7, 11) is 1.59. The zero-order valence-corrected chi connectivity index (χ0v) is 21.6. The first kappa shape index (κ1) is 28.3. The molecule has 0 aliphatic rings. The lowest BCUT2D eigenvalue weighted by Gasteiger charge is -2.33. The van der Waals surface area contributed by atoms with E-state index in [9.17, 15) is 18.4 Å². The van der Waals surface area contributed by atoms with Gasteiger partial charge >= 0.3 is 6.09 Å². The summed E-state index contributed by atoms with van der Waals surface area (Å²) in [5.41, 5.74) is 1.19. The van der Waals surface area contributed by atoms with Gasteiger partial charge in [-0.2, -0.15) is 0 Å². The maximum absolute atomic E-state index is 13.4. The van der Waals surface area contributed by atoms with Crippen LogP contribution < -0.4 is 5.32 Å². The highest BCUT2D eigenvalue weighted by Crippen LogP contribution is 2.29. The number of ether oxygens (including phenoxy) is 1. The molecule has 5 nitrogen and oxygen atoms in total. The summed E-state index contributed by atoms with van der Waals surface area (Å²) in [6.45, 7) is 9.68. The van der Waals surface area contributed by atoms with Crippen LogP contribution in [0.15, 0.2) is 48.5 Å². The highest BCUT2D eigenvalue weighted by Gasteiger charge is 2.33. The van der Waals surface area contributed by atoms with Crippen LogP contribution in [0.2, 0.25) is 0 Å². The standard InChI is InChI=1S/C28H38F2N2O3/c1-7-19(2)25(32(6)27(34)35-28(3,4)5)26(33)31-18-8-9-24(20-10-14-22(29)15-11-20)21-12-16-23(30)17-13-21/h10-17,19,24-25H,7-9,18H2,1-6H3,(H,31,33)/t19-,25?/m0/s1. The molecule has 7 heteroatoms. The number of nitrogens with zero attached hydrogens (tertiary/aromatic N) is 1. The monoisotopic (exact) mass is 488 g/mol. The van der Waals surface area contributed by atoms with Crippen LogP contribution in [0, 0.1) is 17.6 Å². The van der Waals surface area contributed by atoms with Gasteiger partial charge in [-0.1, -0.05) is 44.5 Å². The maximum Gasteiger partial charge on any atom is 0.410 e. The number of hydrogen-bond donors (Lipinski definition) is 1. The molecule has 2 rings (SSSR count). The van der Waals surface area contributed by atoms with Gasteiger partial charge in [-0.3, -0.25) is 9.69 Å². The van der Waals surface area contributed by atoms with E-state index >= 15 is 0 Å². The van der Waals surface area contributed by atoms with Crippen molar-refractivity contribution in [3.05, 3.63) is 71.3 Å². The van der Waals surface area contributed by atoms with E-state index in [-0.39, 0.29) is 29.4 Å². The summed E-state index contributed by atoms with van der Waals surface area (Å²) in [4.78, 5) is 27.0. The maximum atomic E-state index is 13.4. The molecule has 0 aromatic heterocycles. The third kappa shape index (κ3) is 8.64. The van der Waals surface area contributed by atoms with Gasteiger partial charge < -0.3 is 10.1 Å². The predicted molar refractivity (Wildman–Crippen MR) is 134 cm³/mol. The Kier molecular flexibility index (Phi) is 10.2. The minimum atomic E-state index is -0.655. The molecule has 0 bridgehead atoms. The highest BCUT2D eigenvalue weighted by molar-refractivity contribution is 5.85. The number of halogens is 2. The number of benzene rings is 2. The molecule has 0 fully saturated rings. The van der Waals surface area contributed by atoms with Crippen LogP contribution >= 0.6 is 0 Å². The van der Waals surface area contributed by atoms with E-state index in [4.69, 9.17) is 4.74 Å². The van der Waals surface area contributed by atoms with Gasteiger partial charge in [0, 0.05) is 19.5 Å².